The van der Waals surface area contributed by atoms with E-state index in [1.165, 1.54) is 4.68 Å². The van der Waals surface area contributed by atoms with Crippen molar-refractivity contribution < 1.29 is 4.74 Å². The molecule has 0 amide bonds. The Morgan fingerprint density at radius 2 is 2.17 bits per heavy atom. The van der Waals surface area contributed by atoms with Crippen LogP contribution in [0.2, 0.25) is 0 Å². The Labute approximate surface area is 114 Å². The van der Waals surface area contributed by atoms with E-state index in [9.17, 15) is 0 Å². The van der Waals surface area contributed by atoms with E-state index in [0.717, 1.165) is 28.0 Å². The molecule has 0 saturated heterocycles. The Morgan fingerprint density at radius 1 is 1.44 bits per heavy atom. The Morgan fingerprint density at radius 3 is 2.72 bits per heavy atom. The molecule has 0 spiro atoms. The van der Waals surface area contributed by atoms with Crippen LogP contribution < -0.4 is 16.3 Å². The maximum absolute atomic E-state index is 5.99. The van der Waals surface area contributed by atoms with E-state index in [4.69, 9.17) is 16.3 Å². The summed E-state index contributed by atoms with van der Waals surface area (Å²) in [6.45, 7) is 1.98. The Bertz CT molecular complexity index is 580. The van der Waals surface area contributed by atoms with Crippen LogP contribution in [0.25, 0.3) is 11.3 Å². The molecule has 1 heterocycles. The topological polar surface area (TPSA) is 79.1 Å². The number of benzene rings is 1. The van der Waals surface area contributed by atoms with Gasteiger partial charge in [-0.1, -0.05) is 22.9 Å². The highest BCUT2D eigenvalue weighted by Gasteiger charge is 2.16. The zero-order valence-corrected chi connectivity index (χ0v) is 11.9. The molecule has 96 valence electrons. The normalized spacial score (nSPS) is 10.6. The van der Waals surface area contributed by atoms with Crippen LogP contribution in [-0.4, -0.2) is 16.8 Å². The van der Waals surface area contributed by atoms with Gasteiger partial charge in [0.1, 0.15) is 17.3 Å². The van der Waals surface area contributed by atoms with Gasteiger partial charge in [0.2, 0.25) is 0 Å². The molecule has 1 aromatic heterocycles. The summed E-state index contributed by atoms with van der Waals surface area (Å²) in [7, 11) is 1.62. The Hall–Kier alpha value is -1.69. The van der Waals surface area contributed by atoms with Gasteiger partial charge in [-0.25, -0.2) is 9.66 Å². The van der Waals surface area contributed by atoms with Crippen LogP contribution in [0.5, 0.6) is 5.75 Å². The van der Waals surface area contributed by atoms with Crippen molar-refractivity contribution in [3.63, 3.8) is 0 Å². The van der Waals surface area contributed by atoms with Gasteiger partial charge in [0.05, 0.1) is 7.11 Å². The van der Waals surface area contributed by atoms with Crippen molar-refractivity contribution in [3.05, 3.63) is 28.5 Å². The fourth-order valence-electron chi connectivity index (χ4n) is 1.75. The minimum Gasteiger partial charge on any atom is -0.497 e. The molecule has 0 bridgehead atoms. The molecule has 5 nitrogen and oxygen atoms in total. The molecular weight excluding hydrogens is 296 g/mol. The van der Waals surface area contributed by atoms with Gasteiger partial charge in [-0.05, 0) is 18.2 Å². The second kappa shape index (κ2) is 4.89. The molecule has 18 heavy (non-hydrogen) atoms. The van der Waals surface area contributed by atoms with E-state index >= 15 is 0 Å². The van der Waals surface area contributed by atoms with Crippen molar-refractivity contribution >= 4 is 21.7 Å². The number of ether oxygens (including phenoxy) is 1. The molecule has 2 rings (SSSR count). The second-order valence-electron chi connectivity index (χ2n) is 3.83. The number of nitrogens with zero attached hydrogens (tertiary/aromatic N) is 2. The number of anilines is 1. The first-order chi connectivity index (χ1) is 8.58. The number of nitrogens with two attached hydrogens (primary N) is 2. The lowest BCUT2D eigenvalue weighted by Crippen LogP contribution is -2.14. The van der Waals surface area contributed by atoms with Crippen molar-refractivity contribution in [2.24, 2.45) is 0 Å². The second-order valence-corrected chi connectivity index (χ2v) is 4.69. The summed E-state index contributed by atoms with van der Waals surface area (Å²) in [6, 6.07) is 5.64. The van der Waals surface area contributed by atoms with Crippen molar-refractivity contribution in [2.45, 2.75) is 13.3 Å². The SMILES string of the molecule is CCc1nc(-c2cc(OC)ccc2Br)c(N)n1N. The number of aryl methyl sites for hydroxylation is 1. The van der Waals surface area contributed by atoms with Crippen LogP contribution in [-0.2, 0) is 6.42 Å². The summed E-state index contributed by atoms with van der Waals surface area (Å²) in [4.78, 5) is 4.46. The molecule has 0 aliphatic carbocycles. The number of hydrogen-bond acceptors (Lipinski definition) is 4. The summed E-state index contributed by atoms with van der Waals surface area (Å²) in [5.74, 6) is 7.79. The summed E-state index contributed by atoms with van der Waals surface area (Å²) in [5.41, 5.74) is 7.52. The summed E-state index contributed by atoms with van der Waals surface area (Å²) in [6.07, 6.45) is 0.724. The number of aromatic nitrogens is 2. The lowest BCUT2D eigenvalue weighted by atomic mass is 10.1. The number of hydrogen-bond donors (Lipinski definition) is 2. The largest absolute Gasteiger partial charge is 0.497 e. The van der Waals surface area contributed by atoms with Crippen molar-refractivity contribution in [1.29, 1.82) is 0 Å². The maximum Gasteiger partial charge on any atom is 0.150 e. The smallest absolute Gasteiger partial charge is 0.150 e. The first-order valence-electron chi connectivity index (χ1n) is 5.54. The van der Waals surface area contributed by atoms with Gasteiger partial charge in [0, 0.05) is 16.5 Å². The fraction of sp³-hybridized carbons (Fsp3) is 0.250. The number of methoxy groups -OCH3 is 1. The van der Waals surface area contributed by atoms with Gasteiger partial charge in [0.25, 0.3) is 0 Å². The molecule has 0 unspecified atom stereocenters. The van der Waals surface area contributed by atoms with Crippen molar-refractivity contribution in [2.75, 3.05) is 18.7 Å². The predicted octanol–water partition coefficient (Wildman–Crippen LogP) is 2.18. The number of imidazole rings is 1. The van der Waals surface area contributed by atoms with Crippen LogP contribution in [0, 0.1) is 0 Å². The van der Waals surface area contributed by atoms with E-state index in [-0.39, 0.29) is 0 Å². The molecule has 6 heteroatoms. The summed E-state index contributed by atoms with van der Waals surface area (Å²) in [5, 5.41) is 0. The molecule has 4 N–H and O–H groups in total. The van der Waals surface area contributed by atoms with E-state index in [1.54, 1.807) is 7.11 Å². The fourth-order valence-corrected chi connectivity index (χ4v) is 2.19. The Kier molecular flexibility index (Phi) is 3.47. The average Bonchev–Trinajstić information content (AvgIpc) is 2.67. The minimum absolute atomic E-state index is 0.445. The van der Waals surface area contributed by atoms with Gasteiger partial charge >= 0.3 is 0 Å². The number of halogens is 1. The van der Waals surface area contributed by atoms with Gasteiger partial charge in [-0.15, -0.1) is 0 Å². The summed E-state index contributed by atoms with van der Waals surface area (Å²) < 4.78 is 7.52. The van der Waals surface area contributed by atoms with Crippen LogP contribution in [0.1, 0.15) is 12.7 Å². The highest BCUT2D eigenvalue weighted by atomic mass is 79.9. The standard InChI is InChI=1S/C12H15BrN4O/c1-3-10-16-11(12(14)17(10)15)8-6-7(18-2)4-5-9(8)13/h4-6H,3,14-15H2,1-2H3. The molecule has 0 aliphatic heterocycles. The quantitative estimate of drug-likeness (QED) is 0.852. The lowest BCUT2D eigenvalue weighted by molar-refractivity contribution is 0.415. The maximum atomic E-state index is 5.99. The van der Waals surface area contributed by atoms with Crippen LogP contribution in [0.4, 0.5) is 5.82 Å². The third kappa shape index (κ3) is 2.03. The van der Waals surface area contributed by atoms with Gasteiger partial charge in [0.15, 0.2) is 5.82 Å². The monoisotopic (exact) mass is 310 g/mol. The molecule has 0 radical (unpaired) electrons. The van der Waals surface area contributed by atoms with E-state index in [1.807, 2.05) is 25.1 Å². The molecule has 1 aromatic carbocycles. The number of nitrogen functional groups attached to an aromatic ring is 2. The van der Waals surface area contributed by atoms with Crippen LogP contribution >= 0.6 is 15.9 Å². The zero-order chi connectivity index (χ0) is 13.3. The predicted molar refractivity (Wildman–Crippen MR) is 75.9 cm³/mol. The molecule has 0 fully saturated rings. The van der Waals surface area contributed by atoms with E-state index < -0.39 is 0 Å². The van der Waals surface area contributed by atoms with Gasteiger partial charge in [-0.2, -0.15) is 0 Å². The molecular formula is C12H15BrN4O. The van der Waals surface area contributed by atoms with E-state index in [2.05, 4.69) is 20.9 Å². The van der Waals surface area contributed by atoms with Crippen molar-refractivity contribution in [1.82, 2.24) is 9.66 Å². The molecule has 0 atom stereocenters. The first-order valence-corrected chi connectivity index (χ1v) is 6.33. The van der Waals surface area contributed by atoms with Crippen molar-refractivity contribution in [3.8, 4) is 17.0 Å². The van der Waals surface area contributed by atoms with Gasteiger partial charge < -0.3 is 16.3 Å². The highest BCUT2D eigenvalue weighted by Crippen LogP contribution is 2.34. The lowest BCUT2D eigenvalue weighted by Gasteiger charge is -2.06. The van der Waals surface area contributed by atoms with E-state index in [0.29, 0.717) is 11.5 Å². The zero-order valence-electron chi connectivity index (χ0n) is 10.3. The third-order valence-electron chi connectivity index (χ3n) is 2.77. The highest BCUT2D eigenvalue weighted by molar-refractivity contribution is 9.10. The third-order valence-corrected chi connectivity index (χ3v) is 3.46. The molecule has 0 aliphatic rings. The van der Waals surface area contributed by atoms with Gasteiger partial charge in [-0.3, -0.25) is 0 Å². The molecule has 2 aromatic rings. The van der Waals surface area contributed by atoms with Crippen LogP contribution in [0.15, 0.2) is 22.7 Å². The number of rotatable bonds is 3. The average molecular weight is 311 g/mol. The van der Waals surface area contributed by atoms with Crippen LogP contribution in [0.3, 0.4) is 0 Å². The minimum atomic E-state index is 0.445. The first kappa shape index (κ1) is 12.8. The summed E-state index contributed by atoms with van der Waals surface area (Å²) >= 11 is 3.49. The Balaban J connectivity index is 2.61. The molecule has 0 saturated carbocycles.